The molecule has 7 nitrogen and oxygen atoms in total. The van der Waals surface area contributed by atoms with Crippen molar-refractivity contribution in [3.63, 3.8) is 0 Å². The van der Waals surface area contributed by atoms with E-state index < -0.39 is 12.1 Å². The fraction of sp³-hybridized carbons (Fsp3) is 0.833. The average molecular weight is 274 g/mol. The number of carbonyl (C=O) groups is 2. The van der Waals surface area contributed by atoms with Crippen LogP contribution in [-0.4, -0.2) is 65.6 Å². The molecule has 0 aromatic heterocycles. The van der Waals surface area contributed by atoms with Crippen molar-refractivity contribution in [1.29, 1.82) is 0 Å². The summed E-state index contributed by atoms with van der Waals surface area (Å²) >= 11 is 0. The lowest BCUT2D eigenvalue weighted by Gasteiger charge is -2.37. The second-order valence-corrected chi connectivity index (χ2v) is 4.80. The van der Waals surface area contributed by atoms with Crippen molar-refractivity contribution in [1.82, 2.24) is 10.2 Å². The van der Waals surface area contributed by atoms with Gasteiger partial charge in [0, 0.05) is 32.7 Å². The lowest BCUT2D eigenvalue weighted by molar-refractivity contribution is -0.146. The van der Waals surface area contributed by atoms with Gasteiger partial charge in [-0.25, -0.2) is 9.59 Å². The van der Waals surface area contributed by atoms with Crippen LogP contribution in [0.15, 0.2) is 0 Å². The number of carboxylic acids is 1. The first kappa shape index (κ1) is 15.7. The Balaban J connectivity index is 2.32. The predicted molar refractivity (Wildman–Crippen MR) is 67.9 cm³/mol. The molecule has 19 heavy (non-hydrogen) atoms. The Labute approximate surface area is 112 Å². The molecule has 0 radical (unpaired) electrons. The second kappa shape index (κ2) is 7.30. The van der Waals surface area contributed by atoms with E-state index in [0.717, 1.165) is 12.8 Å². The number of urea groups is 1. The molecule has 110 valence electrons. The molecule has 0 spiro atoms. The van der Waals surface area contributed by atoms with Crippen LogP contribution in [0.1, 0.15) is 26.2 Å². The quantitative estimate of drug-likeness (QED) is 0.657. The van der Waals surface area contributed by atoms with Gasteiger partial charge in [-0.2, -0.15) is 0 Å². The van der Waals surface area contributed by atoms with E-state index in [1.54, 1.807) is 12.0 Å². The highest BCUT2D eigenvalue weighted by molar-refractivity contribution is 5.75. The maximum absolute atomic E-state index is 11.9. The van der Waals surface area contributed by atoms with Crippen molar-refractivity contribution in [2.45, 2.75) is 44.4 Å². The van der Waals surface area contributed by atoms with Crippen LogP contribution in [0.25, 0.3) is 0 Å². The number of nitrogens with zero attached hydrogens (tertiary/aromatic N) is 1. The summed E-state index contributed by atoms with van der Waals surface area (Å²) in [5.74, 6) is -1.27. The third kappa shape index (κ3) is 4.68. The molecule has 0 bridgehead atoms. The number of ether oxygens (including phenoxy) is 1. The van der Waals surface area contributed by atoms with Crippen LogP contribution in [-0.2, 0) is 9.53 Å². The van der Waals surface area contributed by atoms with E-state index in [4.69, 9.17) is 14.9 Å². The molecule has 1 aliphatic heterocycles. The fourth-order valence-electron chi connectivity index (χ4n) is 2.19. The first-order chi connectivity index (χ1) is 8.95. The number of hydrogen-bond acceptors (Lipinski definition) is 4. The minimum Gasteiger partial charge on any atom is -0.479 e. The number of aliphatic carboxylic acids is 1. The number of rotatable bonds is 5. The first-order valence-corrected chi connectivity index (χ1v) is 6.43. The summed E-state index contributed by atoms with van der Waals surface area (Å²) in [6.07, 6.45) is 0.349. The normalized spacial score (nSPS) is 24.9. The second-order valence-electron chi connectivity index (χ2n) is 4.80. The molecule has 2 amide bonds. The zero-order valence-electron chi connectivity index (χ0n) is 11.3. The molecule has 0 saturated carbocycles. The lowest BCUT2D eigenvalue weighted by atomic mass is 10.0. The largest absolute Gasteiger partial charge is 0.479 e. The van der Waals surface area contributed by atoms with E-state index in [1.807, 2.05) is 6.92 Å². The van der Waals surface area contributed by atoms with Crippen LogP contribution in [0.3, 0.4) is 0 Å². The summed E-state index contributed by atoms with van der Waals surface area (Å²) < 4.78 is 5.27. The molecule has 7 heteroatoms. The molecule has 2 unspecified atom stereocenters. The topological polar surface area (TPSA) is 99.1 Å². The number of carboxylic acid groups (broad SMARTS) is 1. The summed E-state index contributed by atoms with van der Waals surface area (Å²) in [5.41, 5.74) is 0. The van der Waals surface area contributed by atoms with Crippen molar-refractivity contribution in [3.8, 4) is 0 Å². The Morgan fingerprint density at radius 2 is 2.21 bits per heavy atom. The molecule has 3 atom stereocenters. The van der Waals surface area contributed by atoms with Gasteiger partial charge in [-0.15, -0.1) is 0 Å². The van der Waals surface area contributed by atoms with E-state index in [0.29, 0.717) is 6.54 Å². The minimum atomic E-state index is -1.43. The van der Waals surface area contributed by atoms with E-state index in [9.17, 15) is 9.59 Å². The van der Waals surface area contributed by atoms with Crippen LogP contribution >= 0.6 is 0 Å². The monoisotopic (exact) mass is 274 g/mol. The molecule has 1 saturated heterocycles. The Morgan fingerprint density at radius 1 is 1.53 bits per heavy atom. The molecule has 1 fully saturated rings. The van der Waals surface area contributed by atoms with Gasteiger partial charge in [-0.1, -0.05) is 0 Å². The number of carbonyl (C=O) groups excluding carboxylic acids is 1. The average Bonchev–Trinajstić information content (AvgIpc) is 2.37. The van der Waals surface area contributed by atoms with Crippen molar-refractivity contribution in [2.24, 2.45) is 0 Å². The van der Waals surface area contributed by atoms with Gasteiger partial charge < -0.3 is 25.2 Å². The van der Waals surface area contributed by atoms with E-state index in [-0.39, 0.29) is 31.1 Å². The third-order valence-electron chi connectivity index (χ3n) is 3.40. The summed E-state index contributed by atoms with van der Waals surface area (Å²) in [4.78, 5) is 24.0. The molecule has 1 aliphatic rings. The number of likely N-dealkylation sites (tertiary alicyclic amines) is 1. The number of piperidine rings is 1. The highest BCUT2D eigenvalue weighted by Gasteiger charge is 2.28. The highest BCUT2D eigenvalue weighted by atomic mass is 16.5. The number of nitrogens with one attached hydrogen (secondary N) is 1. The van der Waals surface area contributed by atoms with Gasteiger partial charge in [0.1, 0.15) is 0 Å². The molecule has 0 aromatic rings. The maximum Gasteiger partial charge on any atom is 0.332 e. The molecule has 1 rings (SSSR count). The summed E-state index contributed by atoms with van der Waals surface area (Å²) in [6.45, 7) is 2.72. The van der Waals surface area contributed by atoms with Gasteiger partial charge in [-0.05, 0) is 19.8 Å². The van der Waals surface area contributed by atoms with Gasteiger partial charge in [-0.3, -0.25) is 0 Å². The van der Waals surface area contributed by atoms with Crippen LogP contribution in [0.4, 0.5) is 4.79 Å². The third-order valence-corrected chi connectivity index (χ3v) is 3.40. The van der Waals surface area contributed by atoms with E-state index >= 15 is 0 Å². The van der Waals surface area contributed by atoms with E-state index in [1.165, 1.54) is 0 Å². The highest BCUT2D eigenvalue weighted by Crippen LogP contribution is 2.19. The van der Waals surface area contributed by atoms with Gasteiger partial charge in [0.25, 0.3) is 0 Å². The first-order valence-electron chi connectivity index (χ1n) is 6.43. The van der Waals surface area contributed by atoms with Crippen molar-refractivity contribution in [3.05, 3.63) is 0 Å². The predicted octanol–water partition coefficient (Wildman–Crippen LogP) is 0.0309. The Bertz CT molecular complexity index is 323. The summed E-state index contributed by atoms with van der Waals surface area (Å²) in [7, 11) is 1.67. The number of methoxy groups -OCH3 is 1. The van der Waals surface area contributed by atoms with Gasteiger partial charge in [0.2, 0.25) is 0 Å². The van der Waals surface area contributed by atoms with Gasteiger partial charge in [0.15, 0.2) is 6.10 Å². The molecular weight excluding hydrogens is 252 g/mol. The molecule has 3 N–H and O–H groups in total. The molecule has 1 heterocycles. The molecule has 0 aromatic carbocycles. The summed E-state index contributed by atoms with van der Waals surface area (Å²) in [5, 5.41) is 20.2. The minimum absolute atomic E-state index is 0.00396. The van der Waals surface area contributed by atoms with Crippen LogP contribution < -0.4 is 5.32 Å². The Hall–Kier alpha value is -1.34. The number of aliphatic hydroxyl groups is 1. The standard InChI is InChI=1S/C12H22N2O5/c1-8-7-9(19-2)4-6-14(8)12(18)13-5-3-10(15)11(16)17/h8-10,15H,3-7H2,1-2H3,(H,13,18)(H,16,17)/t8?,9?,10-/m0/s1. The van der Waals surface area contributed by atoms with Crippen molar-refractivity contribution < 1.29 is 24.5 Å². The fourth-order valence-corrected chi connectivity index (χ4v) is 2.19. The van der Waals surface area contributed by atoms with E-state index in [2.05, 4.69) is 5.32 Å². The SMILES string of the molecule is COC1CCN(C(=O)NCC[C@H](O)C(=O)O)C(C)C1. The van der Waals surface area contributed by atoms with Crippen molar-refractivity contribution in [2.75, 3.05) is 20.2 Å². The smallest absolute Gasteiger partial charge is 0.332 e. The molecular formula is C12H22N2O5. The molecule has 0 aliphatic carbocycles. The maximum atomic E-state index is 11.9. The van der Waals surface area contributed by atoms with Crippen molar-refractivity contribution >= 4 is 12.0 Å². The van der Waals surface area contributed by atoms with Gasteiger partial charge in [0.05, 0.1) is 6.10 Å². The number of hydrogen-bond donors (Lipinski definition) is 3. The van der Waals surface area contributed by atoms with Crippen LogP contribution in [0, 0.1) is 0 Å². The van der Waals surface area contributed by atoms with Crippen LogP contribution in [0.5, 0.6) is 0 Å². The zero-order chi connectivity index (χ0) is 14.4. The van der Waals surface area contributed by atoms with Crippen LogP contribution in [0.2, 0.25) is 0 Å². The Kier molecular flexibility index (Phi) is 6.04. The lowest BCUT2D eigenvalue weighted by Crippen LogP contribution is -2.51. The zero-order valence-corrected chi connectivity index (χ0v) is 11.3. The summed E-state index contributed by atoms with van der Waals surface area (Å²) in [6, 6.07) is -0.136. The Morgan fingerprint density at radius 3 is 2.74 bits per heavy atom. The number of amides is 2. The van der Waals surface area contributed by atoms with Gasteiger partial charge >= 0.3 is 12.0 Å². The number of aliphatic hydroxyl groups excluding tert-OH is 1.